The molecule has 0 bridgehead atoms. The Labute approximate surface area is 130 Å². The summed E-state index contributed by atoms with van der Waals surface area (Å²) in [4.78, 5) is 13.0. The number of carbonyl (C=O) groups is 1. The quantitative estimate of drug-likeness (QED) is 0.848. The van der Waals surface area contributed by atoms with Crippen molar-refractivity contribution in [2.24, 2.45) is 5.92 Å². The van der Waals surface area contributed by atoms with Crippen LogP contribution in [0, 0.1) is 5.92 Å². The first kappa shape index (κ1) is 15.9. The Balaban J connectivity index is 2.23. The number of hydrogen-bond acceptors (Lipinski definition) is 3. The van der Waals surface area contributed by atoms with Gasteiger partial charge in [0.1, 0.15) is 0 Å². The van der Waals surface area contributed by atoms with Crippen molar-refractivity contribution < 1.29 is 14.6 Å². The zero-order valence-corrected chi connectivity index (χ0v) is 12.8. The van der Waals surface area contributed by atoms with E-state index in [0.29, 0.717) is 10.9 Å². The van der Waals surface area contributed by atoms with Gasteiger partial charge in [0.25, 0.3) is 0 Å². The smallest absolute Gasteiger partial charge is 0.328 e. The summed E-state index contributed by atoms with van der Waals surface area (Å²) >= 11 is 6.03. The summed E-state index contributed by atoms with van der Waals surface area (Å²) < 4.78 is 5.25. The van der Waals surface area contributed by atoms with E-state index < -0.39 is 5.97 Å². The molecular formula is C16H20ClNO3. The minimum atomic E-state index is -0.961. The molecule has 1 atom stereocenters. The van der Waals surface area contributed by atoms with Crippen LogP contribution in [0.1, 0.15) is 18.4 Å². The zero-order chi connectivity index (χ0) is 15.2. The molecule has 1 aliphatic rings. The minimum Gasteiger partial charge on any atom is -0.478 e. The fourth-order valence-corrected chi connectivity index (χ4v) is 2.94. The van der Waals surface area contributed by atoms with Crippen LogP contribution < -0.4 is 4.90 Å². The van der Waals surface area contributed by atoms with Gasteiger partial charge in [0, 0.05) is 37.0 Å². The van der Waals surface area contributed by atoms with Crippen LogP contribution in [-0.4, -0.2) is 37.9 Å². The summed E-state index contributed by atoms with van der Waals surface area (Å²) in [7, 11) is 1.72. The van der Waals surface area contributed by atoms with Gasteiger partial charge >= 0.3 is 5.97 Å². The van der Waals surface area contributed by atoms with Gasteiger partial charge in [0.2, 0.25) is 0 Å². The molecule has 1 fully saturated rings. The maximum absolute atomic E-state index is 10.7. The lowest BCUT2D eigenvalue weighted by Gasteiger charge is -2.35. The number of carboxylic acids is 1. The average Bonchev–Trinajstić information content (AvgIpc) is 2.46. The molecule has 0 amide bonds. The third kappa shape index (κ3) is 4.48. The Morgan fingerprint density at radius 1 is 1.57 bits per heavy atom. The summed E-state index contributed by atoms with van der Waals surface area (Å²) in [6, 6.07) is 5.60. The van der Waals surface area contributed by atoms with Crippen LogP contribution in [0.25, 0.3) is 6.08 Å². The number of halogens is 1. The summed E-state index contributed by atoms with van der Waals surface area (Å²) in [6.07, 6.45) is 5.02. The number of piperidine rings is 1. The lowest BCUT2D eigenvalue weighted by Crippen LogP contribution is -2.37. The highest BCUT2D eigenvalue weighted by molar-refractivity contribution is 6.30. The predicted molar refractivity (Wildman–Crippen MR) is 84.9 cm³/mol. The molecule has 0 aromatic heterocycles. The third-order valence-electron chi connectivity index (χ3n) is 3.66. The first-order chi connectivity index (χ1) is 10.1. The molecule has 1 unspecified atom stereocenters. The second-order valence-corrected chi connectivity index (χ2v) is 5.72. The van der Waals surface area contributed by atoms with E-state index in [1.165, 1.54) is 0 Å². The Hall–Kier alpha value is -1.52. The normalized spacial score (nSPS) is 19.1. The van der Waals surface area contributed by atoms with E-state index in [-0.39, 0.29) is 0 Å². The van der Waals surface area contributed by atoms with Crippen LogP contribution in [0.2, 0.25) is 5.02 Å². The molecule has 21 heavy (non-hydrogen) atoms. The fraction of sp³-hybridized carbons (Fsp3) is 0.438. The average molecular weight is 310 g/mol. The van der Waals surface area contributed by atoms with Crippen molar-refractivity contribution in [2.75, 3.05) is 31.7 Å². The maximum Gasteiger partial charge on any atom is 0.328 e. The molecule has 5 heteroatoms. The van der Waals surface area contributed by atoms with Gasteiger partial charge in [-0.1, -0.05) is 11.6 Å². The Bertz CT molecular complexity index is 528. The molecule has 0 radical (unpaired) electrons. The van der Waals surface area contributed by atoms with Gasteiger partial charge in [-0.15, -0.1) is 0 Å². The van der Waals surface area contributed by atoms with Gasteiger partial charge in [-0.3, -0.25) is 0 Å². The second-order valence-electron chi connectivity index (χ2n) is 5.28. The Morgan fingerprint density at radius 2 is 2.38 bits per heavy atom. The molecule has 4 nitrogen and oxygen atoms in total. The van der Waals surface area contributed by atoms with Crippen molar-refractivity contribution in [3.8, 4) is 0 Å². The standard InChI is InChI=1S/C16H20ClNO3/c1-21-11-12-3-2-8-18(10-12)15-6-5-14(17)9-13(15)4-7-16(19)20/h4-7,9,12H,2-3,8,10-11H2,1H3,(H,19,20)/b7-4+. The highest BCUT2D eigenvalue weighted by atomic mass is 35.5. The van der Waals surface area contributed by atoms with Crippen LogP contribution in [0.5, 0.6) is 0 Å². The number of benzene rings is 1. The van der Waals surface area contributed by atoms with Crippen LogP contribution in [0.4, 0.5) is 5.69 Å². The number of hydrogen-bond donors (Lipinski definition) is 1. The van der Waals surface area contributed by atoms with Crippen molar-refractivity contribution in [1.29, 1.82) is 0 Å². The highest BCUT2D eigenvalue weighted by Crippen LogP contribution is 2.29. The molecule has 0 aliphatic carbocycles. The highest BCUT2D eigenvalue weighted by Gasteiger charge is 2.21. The fourth-order valence-electron chi connectivity index (χ4n) is 2.76. The number of rotatable bonds is 5. The van der Waals surface area contributed by atoms with E-state index in [2.05, 4.69) is 4.90 Å². The number of anilines is 1. The first-order valence-electron chi connectivity index (χ1n) is 7.04. The van der Waals surface area contributed by atoms with E-state index >= 15 is 0 Å². The molecule has 0 saturated carbocycles. The van der Waals surface area contributed by atoms with Crippen molar-refractivity contribution in [2.45, 2.75) is 12.8 Å². The molecule has 1 heterocycles. The monoisotopic (exact) mass is 309 g/mol. The van der Waals surface area contributed by atoms with Crippen LogP contribution in [0.15, 0.2) is 24.3 Å². The Kier molecular flexibility index (Phi) is 5.65. The molecule has 0 spiro atoms. The SMILES string of the molecule is COCC1CCCN(c2ccc(Cl)cc2/C=C/C(=O)O)C1. The number of carboxylic acid groups (broad SMARTS) is 1. The number of aliphatic carboxylic acids is 1. The Morgan fingerprint density at radius 3 is 3.10 bits per heavy atom. The van der Waals surface area contributed by atoms with Crippen molar-refractivity contribution in [1.82, 2.24) is 0 Å². The summed E-state index contributed by atoms with van der Waals surface area (Å²) in [5.74, 6) is -0.451. The molecule has 1 aliphatic heterocycles. The topological polar surface area (TPSA) is 49.8 Å². The summed E-state index contributed by atoms with van der Waals surface area (Å²) in [5.41, 5.74) is 1.86. The summed E-state index contributed by atoms with van der Waals surface area (Å²) in [6.45, 7) is 2.64. The zero-order valence-electron chi connectivity index (χ0n) is 12.1. The number of ether oxygens (including phenoxy) is 1. The van der Waals surface area contributed by atoms with Crippen molar-refractivity contribution >= 4 is 29.3 Å². The second kappa shape index (κ2) is 7.48. The van der Waals surface area contributed by atoms with Gasteiger partial charge in [0.05, 0.1) is 6.61 Å². The van der Waals surface area contributed by atoms with E-state index in [9.17, 15) is 4.79 Å². The molecule has 1 aromatic rings. The van der Waals surface area contributed by atoms with Gasteiger partial charge in [-0.2, -0.15) is 0 Å². The van der Waals surface area contributed by atoms with Gasteiger partial charge in [-0.25, -0.2) is 4.79 Å². The molecule has 1 aromatic carbocycles. The molecule has 1 saturated heterocycles. The largest absolute Gasteiger partial charge is 0.478 e. The number of nitrogens with zero attached hydrogens (tertiary/aromatic N) is 1. The lowest BCUT2D eigenvalue weighted by atomic mass is 9.97. The lowest BCUT2D eigenvalue weighted by molar-refractivity contribution is -0.131. The number of methoxy groups -OCH3 is 1. The maximum atomic E-state index is 10.7. The van der Waals surface area contributed by atoms with Crippen molar-refractivity contribution in [3.05, 3.63) is 34.9 Å². The third-order valence-corrected chi connectivity index (χ3v) is 3.89. The van der Waals surface area contributed by atoms with Gasteiger partial charge < -0.3 is 14.7 Å². The van der Waals surface area contributed by atoms with E-state index in [1.807, 2.05) is 12.1 Å². The van der Waals surface area contributed by atoms with Gasteiger partial charge in [-0.05, 0) is 48.6 Å². The van der Waals surface area contributed by atoms with E-state index in [1.54, 1.807) is 19.3 Å². The molecular weight excluding hydrogens is 290 g/mol. The molecule has 2 rings (SSSR count). The van der Waals surface area contributed by atoms with Crippen LogP contribution in [-0.2, 0) is 9.53 Å². The van der Waals surface area contributed by atoms with Crippen LogP contribution in [0.3, 0.4) is 0 Å². The first-order valence-corrected chi connectivity index (χ1v) is 7.42. The van der Waals surface area contributed by atoms with E-state index in [4.69, 9.17) is 21.4 Å². The summed E-state index contributed by atoms with van der Waals surface area (Å²) in [5, 5.41) is 9.41. The van der Waals surface area contributed by atoms with Gasteiger partial charge in [0.15, 0.2) is 0 Å². The van der Waals surface area contributed by atoms with Crippen LogP contribution >= 0.6 is 11.6 Å². The molecule has 1 N–H and O–H groups in total. The minimum absolute atomic E-state index is 0.510. The van der Waals surface area contributed by atoms with Crippen molar-refractivity contribution in [3.63, 3.8) is 0 Å². The predicted octanol–water partition coefficient (Wildman–Crippen LogP) is 3.30. The van der Waals surface area contributed by atoms with E-state index in [0.717, 1.165) is 49.9 Å². The molecule has 114 valence electrons.